The van der Waals surface area contributed by atoms with Crippen LogP contribution in [0.1, 0.15) is 44.0 Å². The van der Waals surface area contributed by atoms with Gasteiger partial charge in [-0.1, -0.05) is 18.0 Å². The second-order valence-corrected chi connectivity index (χ2v) is 5.96. The number of ether oxygens (including phenoxy) is 1. The molecule has 1 aliphatic carbocycles. The fraction of sp³-hybridized carbons (Fsp3) is 0.667. The smallest absolute Gasteiger partial charge is 0.320 e. The van der Waals surface area contributed by atoms with E-state index in [1.54, 1.807) is 18.7 Å². The highest BCUT2D eigenvalue weighted by atomic mass is 35.5. The van der Waals surface area contributed by atoms with Crippen LogP contribution in [-0.4, -0.2) is 28.1 Å². The lowest BCUT2D eigenvalue weighted by atomic mass is 9.70. The second kappa shape index (κ2) is 6.18. The summed E-state index contributed by atoms with van der Waals surface area (Å²) in [7, 11) is 1.78. The zero-order chi connectivity index (χ0) is 15.6. The van der Waals surface area contributed by atoms with Crippen LogP contribution in [0.3, 0.4) is 0 Å². The van der Waals surface area contributed by atoms with Gasteiger partial charge in [0.15, 0.2) is 5.78 Å². The Hall–Kier alpha value is -1.36. The standard InChI is InChI=1S/C15H21ClN2O3/c1-4-21-14(20)15(8-6-5-7-12(15)19)9-11-13(16)10(2)17-18(11)3/h4-9H2,1-3H3. The predicted molar refractivity (Wildman–Crippen MR) is 79.2 cm³/mol. The van der Waals surface area contributed by atoms with Crippen molar-refractivity contribution in [1.82, 2.24) is 9.78 Å². The first kappa shape index (κ1) is 16.0. The van der Waals surface area contributed by atoms with Gasteiger partial charge in [0.25, 0.3) is 0 Å². The Balaban J connectivity index is 2.40. The summed E-state index contributed by atoms with van der Waals surface area (Å²) in [6.07, 6.45) is 2.89. The summed E-state index contributed by atoms with van der Waals surface area (Å²) in [6.45, 7) is 3.83. The minimum atomic E-state index is -1.10. The fourth-order valence-electron chi connectivity index (χ4n) is 2.99. The lowest BCUT2D eigenvalue weighted by Gasteiger charge is -2.33. The van der Waals surface area contributed by atoms with E-state index in [2.05, 4.69) is 5.10 Å². The highest BCUT2D eigenvalue weighted by molar-refractivity contribution is 6.32. The van der Waals surface area contributed by atoms with Gasteiger partial charge in [0.1, 0.15) is 5.41 Å². The number of hydrogen-bond donors (Lipinski definition) is 0. The van der Waals surface area contributed by atoms with Crippen molar-refractivity contribution in [1.29, 1.82) is 0 Å². The first-order chi connectivity index (χ1) is 9.92. The highest BCUT2D eigenvalue weighted by Gasteiger charge is 2.48. The molecule has 1 heterocycles. The number of rotatable bonds is 4. The van der Waals surface area contributed by atoms with E-state index in [-0.39, 0.29) is 18.8 Å². The molecule has 1 aromatic rings. The van der Waals surface area contributed by atoms with Crippen LogP contribution in [0.25, 0.3) is 0 Å². The summed E-state index contributed by atoms with van der Waals surface area (Å²) >= 11 is 6.28. The number of esters is 1. The number of ketones is 1. The molecule has 1 unspecified atom stereocenters. The predicted octanol–water partition coefficient (Wildman–Crippen LogP) is 2.62. The van der Waals surface area contributed by atoms with Gasteiger partial charge in [-0.25, -0.2) is 0 Å². The molecular weight excluding hydrogens is 292 g/mol. The number of nitrogens with zero attached hydrogens (tertiary/aromatic N) is 2. The van der Waals surface area contributed by atoms with Gasteiger partial charge in [-0.3, -0.25) is 14.3 Å². The van der Waals surface area contributed by atoms with Crippen molar-refractivity contribution < 1.29 is 14.3 Å². The summed E-state index contributed by atoms with van der Waals surface area (Å²) in [5.74, 6) is -0.466. The molecule has 0 aromatic carbocycles. The highest BCUT2D eigenvalue weighted by Crippen LogP contribution is 2.39. The van der Waals surface area contributed by atoms with Crippen molar-refractivity contribution in [2.75, 3.05) is 6.61 Å². The Morgan fingerprint density at radius 3 is 2.71 bits per heavy atom. The number of carbonyl (C=O) groups excluding carboxylic acids is 2. The molecule has 2 rings (SSSR count). The summed E-state index contributed by atoms with van der Waals surface area (Å²) in [4.78, 5) is 24.9. The summed E-state index contributed by atoms with van der Waals surface area (Å²) in [5, 5.41) is 4.79. The number of aromatic nitrogens is 2. The third-order valence-corrected chi connectivity index (χ3v) is 4.68. The zero-order valence-corrected chi connectivity index (χ0v) is 13.5. The largest absolute Gasteiger partial charge is 0.465 e. The monoisotopic (exact) mass is 312 g/mol. The molecule has 6 heteroatoms. The molecule has 1 atom stereocenters. The van der Waals surface area contributed by atoms with E-state index in [0.29, 0.717) is 23.6 Å². The van der Waals surface area contributed by atoms with E-state index in [1.165, 1.54) is 0 Å². The van der Waals surface area contributed by atoms with Crippen molar-refractivity contribution in [3.63, 3.8) is 0 Å². The summed E-state index contributed by atoms with van der Waals surface area (Å²) in [6, 6.07) is 0. The van der Waals surface area contributed by atoms with Crippen LogP contribution in [0.15, 0.2) is 0 Å². The van der Waals surface area contributed by atoms with Gasteiger partial charge in [-0.2, -0.15) is 5.10 Å². The molecule has 0 spiro atoms. The Bertz CT molecular complexity index is 568. The number of hydrogen-bond acceptors (Lipinski definition) is 4. The minimum Gasteiger partial charge on any atom is -0.465 e. The average molecular weight is 313 g/mol. The van der Waals surface area contributed by atoms with Crippen LogP contribution in [0, 0.1) is 12.3 Å². The molecule has 0 radical (unpaired) electrons. The van der Waals surface area contributed by atoms with Gasteiger partial charge >= 0.3 is 5.97 Å². The first-order valence-corrected chi connectivity index (χ1v) is 7.68. The number of halogens is 1. The maximum atomic E-state index is 12.5. The van der Waals surface area contributed by atoms with Crippen LogP contribution in [0.2, 0.25) is 5.02 Å². The Morgan fingerprint density at radius 2 is 2.19 bits per heavy atom. The lowest BCUT2D eigenvalue weighted by Crippen LogP contribution is -2.45. The molecule has 1 saturated carbocycles. The molecule has 1 aliphatic rings. The number of carbonyl (C=O) groups is 2. The summed E-state index contributed by atoms with van der Waals surface area (Å²) < 4.78 is 6.83. The van der Waals surface area contributed by atoms with E-state index in [1.807, 2.05) is 6.92 Å². The van der Waals surface area contributed by atoms with Crippen LogP contribution in [-0.2, 0) is 27.8 Å². The maximum absolute atomic E-state index is 12.5. The van der Waals surface area contributed by atoms with Crippen LogP contribution < -0.4 is 0 Å². The third-order valence-electron chi connectivity index (χ3n) is 4.19. The van der Waals surface area contributed by atoms with E-state index in [9.17, 15) is 9.59 Å². The van der Waals surface area contributed by atoms with Gasteiger partial charge in [-0.05, 0) is 26.7 Å². The van der Waals surface area contributed by atoms with Gasteiger partial charge in [0, 0.05) is 19.9 Å². The number of aryl methyl sites for hydroxylation is 2. The molecule has 5 nitrogen and oxygen atoms in total. The lowest BCUT2D eigenvalue weighted by molar-refractivity contribution is -0.162. The minimum absolute atomic E-state index is 0.0397. The Morgan fingerprint density at radius 1 is 1.48 bits per heavy atom. The zero-order valence-electron chi connectivity index (χ0n) is 12.7. The van der Waals surface area contributed by atoms with Crippen molar-refractivity contribution in [3.8, 4) is 0 Å². The van der Waals surface area contributed by atoms with E-state index >= 15 is 0 Å². The van der Waals surface area contributed by atoms with Gasteiger partial charge in [0.05, 0.1) is 23.0 Å². The molecule has 21 heavy (non-hydrogen) atoms. The molecule has 1 fully saturated rings. The van der Waals surface area contributed by atoms with E-state index in [4.69, 9.17) is 16.3 Å². The first-order valence-electron chi connectivity index (χ1n) is 7.31. The Labute approximate surface area is 129 Å². The maximum Gasteiger partial charge on any atom is 0.320 e. The molecular formula is C15H21ClN2O3. The Kier molecular flexibility index (Phi) is 4.71. The van der Waals surface area contributed by atoms with Crippen LogP contribution >= 0.6 is 11.6 Å². The SMILES string of the molecule is CCOC(=O)C1(Cc2c(Cl)c(C)nn2C)CCCCC1=O. The molecule has 0 saturated heterocycles. The molecule has 0 amide bonds. The quantitative estimate of drug-likeness (QED) is 0.633. The van der Waals surface area contributed by atoms with Crippen LogP contribution in [0.4, 0.5) is 0 Å². The average Bonchev–Trinajstić information content (AvgIpc) is 2.68. The van der Waals surface area contributed by atoms with Crippen LogP contribution in [0.5, 0.6) is 0 Å². The van der Waals surface area contributed by atoms with Gasteiger partial charge in [-0.15, -0.1) is 0 Å². The van der Waals surface area contributed by atoms with Crippen molar-refractivity contribution in [3.05, 3.63) is 16.4 Å². The topological polar surface area (TPSA) is 61.2 Å². The van der Waals surface area contributed by atoms with Crippen molar-refractivity contribution in [2.45, 2.75) is 46.0 Å². The van der Waals surface area contributed by atoms with Gasteiger partial charge in [0.2, 0.25) is 0 Å². The molecule has 1 aromatic heterocycles. The third kappa shape index (κ3) is 2.84. The van der Waals surface area contributed by atoms with Crippen molar-refractivity contribution >= 4 is 23.4 Å². The second-order valence-electron chi connectivity index (χ2n) is 5.58. The van der Waals surface area contributed by atoms with E-state index in [0.717, 1.165) is 18.5 Å². The summed E-state index contributed by atoms with van der Waals surface area (Å²) in [5.41, 5.74) is 0.326. The fourth-order valence-corrected chi connectivity index (χ4v) is 3.22. The normalized spacial score (nSPS) is 22.4. The van der Waals surface area contributed by atoms with Crippen molar-refractivity contribution in [2.24, 2.45) is 12.5 Å². The number of Topliss-reactive ketones (excluding diaryl/α,β-unsaturated/α-hetero) is 1. The molecule has 0 N–H and O–H groups in total. The molecule has 116 valence electrons. The molecule has 0 bridgehead atoms. The van der Waals surface area contributed by atoms with Gasteiger partial charge < -0.3 is 4.74 Å². The van der Waals surface area contributed by atoms with E-state index < -0.39 is 11.4 Å². The molecule has 0 aliphatic heterocycles.